The van der Waals surface area contributed by atoms with Gasteiger partial charge in [-0.2, -0.15) is 0 Å². The van der Waals surface area contributed by atoms with Crippen LogP contribution >= 0.6 is 0 Å². The second-order valence-corrected chi connectivity index (χ2v) is 6.00. The average Bonchev–Trinajstić information content (AvgIpc) is 2.67. The Labute approximate surface area is 162 Å². The van der Waals surface area contributed by atoms with Gasteiger partial charge < -0.3 is 18.6 Å². The van der Waals surface area contributed by atoms with E-state index < -0.39 is 11.6 Å². The van der Waals surface area contributed by atoms with Crippen molar-refractivity contribution in [3.8, 4) is 17.2 Å². The third-order valence-corrected chi connectivity index (χ3v) is 4.04. The zero-order valence-corrected chi connectivity index (χ0v) is 15.9. The van der Waals surface area contributed by atoms with Crippen LogP contribution in [0.25, 0.3) is 17.0 Å². The fourth-order valence-electron chi connectivity index (χ4n) is 2.75. The number of aryl methyl sites for hydroxylation is 1. The Bertz CT molecular complexity index is 1090. The summed E-state index contributed by atoms with van der Waals surface area (Å²) in [6.45, 7) is 4.24. The van der Waals surface area contributed by atoms with Gasteiger partial charge in [-0.25, -0.2) is 9.59 Å². The Balaban J connectivity index is 1.75. The molecule has 0 radical (unpaired) electrons. The molecule has 3 aromatic rings. The molecule has 0 aliphatic heterocycles. The van der Waals surface area contributed by atoms with Crippen LogP contribution in [0.4, 0.5) is 0 Å². The maximum Gasteiger partial charge on any atom is 0.336 e. The molecule has 0 unspecified atom stereocenters. The highest BCUT2D eigenvalue weighted by Gasteiger charge is 2.07. The lowest BCUT2D eigenvalue weighted by Crippen LogP contribution is -2.04. The molecule has 6 heteroatoms. The first-order valence-corrected chi connectivity index (χ1v) is 8.75. The summed E-state index contributed by atoms with van der Waals surface area (Å²) < 4.78 is 21.2. The van der Waals surface area contributed by atoms with Crippen LogP contribution in [-0.4, -0.2) is 19.7 Å². The van der Waals surface area contributed by atoms with Gasteiger partial charge >= 0.3 is 11.6 Å². The molecule has 0 N–H and O–H groups in total. The fourth-order valence-corrected chi connectivity index (χ4v) is 2.75. The first-order valence-electron chi connectivity index (χ1n) is 8.75. The van der Waals surface area contributed by atoms with Gasteiger partial charge in [0.2, 0.25) is 0 Å². The second kappa shape index (κ2) is 8.43. The van der Waals surface area contributed by atoms with Crippen LogP contribution in [0.3, 0.4) is 0 Å². The van der Waals surface area contributed by atoms with Crippen LogP contribution in [-0.2, 0) is 4.79 Å². The summed E-state index contributed by atoms with van der Waals surface area (Å²) in [6.07, 6.45) is 2.93. The zero-order chi connectivity index (χ0) is 20.1. The van der Waals surface area contributed by atoms with Crippen LogP contribution in [0.1, 0.15) is 18.1 Å². The number of esters is 1. The standard InChI is InChI=1S/C22H20O6/c1-4-26-18-9-5-15(12-20(18)25-3)6-10-21(23)27-16-7-8-17-14(2)11-22(24)28-19(17)13-16/h5-13H,4H2,1-3H3/b10-6+. The van der Waals surface area contributed by atoms with Crippen LogP contribution in [0.15, 0.2) is 57.8 Å². The van der Waals surface area contributed by atoms with Crippen molar-refractivity contribution < 1.29 is 23.4 Å². The third kappa shape index (κ3) is 4.40. The quantitative estimate of drug-likeness (QED) is 0.277. The lowest BCUT2D eigenvalue weighted by atomic mass is 10.1. The number of carbonyl (C=O) groups is 1. The predicted molar refractivity (Wildman–Crippen MR) is 106 cm³/mol. The van der Waals surface area contributed by atoms with E-state index in [2.05, 4.69) is 0 Å². The maximum absolute atomic E-state index is 12.1. The zero-order valence-electron chi connectivity index (χ0n) is 15.9. The van der Waals surface area contributed by atoms with Crippen LogP contribution < -0.4 is 19.8 Å². The van der Waals surface area contributed by atoms with Gasteiger partial charge in [0, 0.05) is 23.6 Å². The summed E-state index contributed by atoms with van der Waals surface area (Å²) >= 11 is 0. The van der Waals surface area contributed by atoms with Crippen molar-refractivity contribution in [2.24, 2.45) is 0 Å². The van der Waals surface area contributed by atoms with Gasteiger partial charge in [-0.3, -0.25) is 0 Å². The van der Waals surface area contributed by atoms with Gasteiger partial charge in [0.05, 0.1) is 13.7 Å². The molecule has 0 atom stereocenters. The van der Waals surface area contributed by atoms with Gasteiger partial charge in [-0.15, -0.1) is 0 Å². The highest BCUT2D eigenvalue weighted by molar-refractivity contribution is 5.89. The Morgan fingerprint density at radius 1 is 1.11 bits per heavy atom. The van der Waals surface area contributed by atoms with E-state index >= 15 is 0 Å². The minimum absolute atomic E-state index is 0.292. The SMILES string of the molecule is CCOc1ccc(/C=C/C(=O)Oc2ccc3c(C)cc(=O)oc3c2)cc1OC. The highest BCUT2D eigenvalue weighted by Crippen LogP contribution is 2.28. The average molecular weight is 380 g/mol. The molecule has 1 heterocycles. The number of fused-ring (bicyclic) bond motifs is 1. The molecule has 28 heavy (non-hydrogen) atoms. The fraction of sp³-hybridized carbons (Fsp3) is 0.182. The maximum atomic E-state index is 12.1. The van der Waals surface area contributed by atoms with E-state index in [1.165, 1.54) is 18.2 Å². The molecular formula is C22H20O6. The molecule has 144 valence electrons. The minimum Gasteiger partial charge on any atom is -0.493 e. The molecule has 0 saturated carbocycles. The van der Waals surface area contributed by atoms with Crippen molar-refractivity contribution in [2.45, 2.75) is 13.8 Å². The third-order valence-electron chi connectivity index (χ3n) is 4.04. The second-order valence-electron chi connectivity index (χ2n) is 6.00. The van der Waals surface area contributed by atoms with Crippen LogP contribution in [0, 0.1) is 6.92 Å². The van der Waals surface area contributed by atoms with E-state index in [0.717, 1.165) is 16.5 Å². The number of carbonyl (C=O) groups excluding carboxylic acids is 1. The van der Waals surface area contributed by atoms with E-state index in [0.29, 0.717) is 29.4 Å². The van der Waals surface area contributed by atoms with Crippen molar-refractivity contribution in [2.75, 3.05) is 13.7 Å². The monoisotopic (exact) mass is 380 g/mol. The van der Waals surface area contributed by atoms with Crippen LogP contribution in [0.5, 0.6) is 17.2 Å². The van der Waals surface area contributed by atoms with Gasteiger partial charge in [0.1, 0.15) is 11.3 Å². The summed E-state index contributed by atoms with van der Waals surface area (Å²) in [6, 6.07) is 11.7. The Morgan fingerprint density at radius 3 is 2.68 bits per heavy atom. The predicted octanol–water partition coefficient (Wildman–Crippen LogP) is 4.13. The van der Waals surface area contributed by atoms with Crippen molar-refractivity contribution in [3.63, 3.8) is 0 Å². The topological polar surface area (TPSA) is 75.0 Å². The number of rotatable bonds is 6. The molecule has 0 spiro atoms. The van der Waals surface area contributed by atoms with Crippen molar-refractivity contribution in [1.29, 1.82) is 0 Å². The smallest absolute Gasteiger partial charge is 0.336 e. The summed E-state index contributed by atoms with van der Waals surface area (Å²) in [4.78, 5) is 23.6. The van der Waals surface area contributed by atoms with Crippen molar-refractivity contribution in [3.05, 3.63) is 70.1 Å². The number of hydrogen-bond donors (Lipinski definition) is 0. The van der Waals surface area contributed by atoms with Gasteiger partial charge in [-0.05, 0) is 55.3 Å². The molecule has 0 saturated heterocycles. The largest absolute Gasteiger partial charge is 0.493 e. The lowest BCUT2D eigenvalue weighted by Gasteiger charge is -2.09. The van der Waals surface area contributed by atoms with E-state index in [1.807, 2.05) is 19.9 Å². The van der Waals surface area contributed by atoms with Gasteiger partial charge in [-0.1, -0.05) is 6.07 Å². The number of methoxy groups -OCH3 is 1. The minimum atomic E-state index is -0.554. The van der Waals surface area contributed by atoms with Gasteiger partial charge in [0.15, 0.2) is 11.5 Å². The molecule has 0 fully saturated rings. The Morgan fingerprint density at radius 2 is 1.93 bits per heavy atom. The molecule has 0 amide bonds. The first-order chi connectivity index (χ1) is 13.5. The summed E-state index contributed by atoms with van der Waals surface area (Å²) in [5.41, 5.74) is 1.49. The van der Waals surface area contributed by atoms with Crippen LogP contribution in [0.2, 0.25) is 0 Å². The molecular weight excluding hydrogens is 360 g/mol. The van der Waals surface area contributed by atoms with E-state index in [9.17, 15) is 9.59 Å². The van der Waals surface area contributed by atoms with Crippen molar-refractivity contribution in [1.82, 2.24) is 0 Å². The molecule has 0 bridgehead atoms. The summed E-state index contributed by atoms with van der Waals surface area (Å²) in [5.74, 6) is 0.956. The molecule has 0 aliphatic rings. The summed E-state index contributed by atoms with van der Waals surface area (Å²) in [7, 11) is 1.55. The molecule has 1 aromatic heterocycles. The van der Waals surface area contributed by atoms with Crippen molar-refractivity contribution >= 4 is 23.0 Å². The highest BCUT2D eigenvalue weighted by atomic mass is 16.5. The molecule has 6 nitrogen and oxygen atoms in total. The lowest BCUT2D eigenvalue weighted by molar-refractivity contribution is -0.128. The van der Waals surface area contributed by atoms with E-state index in [-0.39, 0.29) is 0 Å². The molecule has 2 aromatic carbocycles. The summed E-state index contributed by atoms with van der Waals surface area (Å²) in [5, 5.41) is 0.788. The molecule has 0 aliphatic carbocycles. The number of hydrogen-bond acceptors (Lipinski definition) is 6. The Kier molecular flexibility index (Phi) is 5.79. The van der Waals surface area contributed by atoms with E-state index in [1.54, 1.807) is 37.5 Å². The normalized spacial score (nSPS) is 11.0. The number of benzene rings is 2. The molecule has 3 rings (SSSR count). The first kappa shape index (κ1) is 19.2. The number of ether oxygens (including phenoxy) is 3. The van der Waals surface area contributed by atoms with Gasteiger partial charge in [0.25, 0.3) is 0 Å². The Hall–Kier alpha value is -3.54. The van der Waals surface area contributed by atoms with E-state index in [4.69, 9.17) is 18.6 Å².